The van der Waals surface area contributed by atoms with Crippen molar-refractivity contribution in [1.82, 2.24) is 4.90 Å². The molecule has 80 valence electrons. The van der Waals surface area contributed by atoms with Crippen molar-refractivity contribution < 1.29 is 24.6 Å². The molecule has 4 N–H and O–H groups in total. The Bertz CT molecular complexity index is 224. The number of nitrogens with two attached hydrogens (primary N) is 1. The Balaban J connectivity index is 4.03. The number of carboxylic acid groups (broad SMARTS) is 2. The molecule has 0 aliphatic carbocycles. The molecule has 0 radical (unpaired) electrons. The van der Waals surface area contributed by atoms with E-state index in [-0.39, 0.29) is 13.0 Å². The van der Waals surface area contributed by atoms with E-state index >= 15 is 0 Å². The van der Waals surface area contributed by atoms with E-state index in [0.29, 0.717) is 0 Å². The highest BCUT2D eigenvalue weighted by atomic mass is 16.4. The Labute approximate surface area is 80.1 Å². The van der Waals surface area contributed by atoms with Crippen LogP contribution in [0.15, 0.2) is 0 Å². The zero-order valence-corrected chi connectivity index (χ0v) is 7.47. The summed E-state index contributed by atoms with van der Waals surface area (Å²) in [5.41, 5.74) is 4.84. The van der Waals surface area contributed by atoms with Gasteiger partial charge in [0.05, 0.1) is 13.1 Å². The summed E-state index contributed by atoms with van der Waals surface area (Å²) in [6.07, 6.45) is -0.0550. The second kappa shape index (κ2) is 5.92. The Morgan fingerprint density at radius 1 is 1.07 bits per heavy atom. The van der Waals surface area contributed by atoms with Crippen molar-refractivity contribution in [3.05, 3.63) is 0 Å². The van der Waals surface area contributed by atoms with E-state index in [9.17, 15) is 14.4 Å². The van der Waals surface area contributed by atoms with Crippen molar-refractivity contribution in [2.24, 2.45) is 5.73 Å². The molecule has 0 saturated carbocycles. The smallest absolute Gasteiger partial charge is 0.317 e. The first-order valence-corrected chi connectivity index (χ1v) is 3.86. The first kappa shape index (κ1) is 12.4. The highest BCUT2D eigenvalue weighted by Gasteiger charge is 2.13. The minimum absolute atomic E-state index is 0.0356. The maximum atomic E-state index is 10.4. The van der Waals surface area contributed by atoms with E-state index in [1.54, 1.807) is 0 Å². The fourth-order valence-electron chi connectivity index (χ4n) is 0.865. The molecule has 0 aliphatic rings. The van der Waals surface area contributed by atoms with E-state index in [2.05, 4.69) is 0 Å². The van der Waals surface area contributed by atoms with Gasteiger partial charge in [0.1, 0.15) is 0 Å². The summed E-state index contributed by atoms with van der Waals surface area (Å²) in [5, 5.41) is 16.8. The number of hydrogen-bond acceptors (Lipinski definition) is 4. The minimum Gasteiger partial charge on any atom is -0.480 e. The maximum absolute atomic E-state index is 10.4. The number of carbonyl (C=O) groups is 3. The highest BCUT2D eigenvalue weighted by molar-refractivity contribution is 5.75. The fourth-order valence-corrected chi connectivity index (χ4v) is 0.865. The molecule has 0 fully saturated rings. The summed E-state index contributed by atoms with van der Waals surface area (Å²) in [7, 11) is 0. The molecule has 0 unspecified atom stereocenters. The lowest BCUT2D eigenvalue weighted by Crippen LogP contribution is -2.36. The maximum Gasteiger partial charge on any atom is 0.317 e. The van der Waals surface area contributed by atoms with Crippen LogP contribution in [0.1, 0.15) is 6.42 Å². The van der Waals surface area contributed by atoms with Crippen LogP contribution in [0.5, 0.6) is 0 Å². The summed E-state index contributed by atoms with van der Waals surface area (Å²) < 4.78 is 0. The normalized spacial score (nSPS) is 10.1. The second-order valence-electron chi connectivity index (χ2n) is 2.71. The van der Waals surface area contributed by atoms with Gasteiger partial charge in [-0.2, -0.15) is 0 Å². The van der Waals surface area contributed by atoms with Crippen LogP contribution in [0.2, 0.25) is 0 Å². The number of nitrogens with zero attached hydrogens (tertiary/aromatic N) is 1. The third-order valence-corrected chi connectivity index (χ3v) is 1.39. The van der Waals surface area contributed by atoms with Gasteiger partial charge in [-0.05, 0) is 0 Å². The third kappa shape index (κ3) is 7.04. The Kier molecular flexibility index (Phi) is 5.23. The predicted octanol–water partition coefficient (Wildman–Crippen LogP) is -1.67. The molecule has 0 saturated heterocycles. The van der Waals surface area contributed by atoms with Crippen LogP contribution in [0.4, 0.5) is 0 Å². The molecule has 7 heteroatoms. The number of hydrogen-bond donors (Lipinski definition) is 3. The van der Waals surface area contributed by atoms with Crippen molar-refractivity contribution in [2.75, 3.05) is 19.6 Å². The van der Waals surface area contributed by atoms with Crippen LogP contribution in [0.25, 0.3) is 0 Å². The summed E-state index contributed by atoms with van der Waals surface area (Å²) in [5.74, 6) is -2.88. The second-order valence-corrected chi connectivity index (χ2v) is 2.71. The van der Waals surface area contributed by atoms with Gasteiger partial charge < -0.3 is 15.9 Å². The van der Waals surface area contributed by atoms with E-state index < -0.39 is 30.9 Å². The lowest BCUT2D eigenvalue weighted by molar-refractivity contribution is -0.142. The molecule has 0 spiro atoms. The Morgan fingerprint density at radius 3 is 1.79 bits per heavy atom. The van der Waals surface area contributed by atoms with E-state index in [0.717, 1.165) is 4.90 Å². The molecule has 0 aromatic rings. The number of rotatable bonds is 7. The average molecular weight is 204 g/mol. The lowest BCUT2D eigenvalue weighted by atomic mass is 10.3. The summed E-state index contributed by atoms with van der Waals surface area (Å²) in [6, 6.07) is 0. The Hall–Kier alpha value is -1.63. The van der Waals surface area contributed by atoms with Crippen LogP contribution in [0.3, 0.4) is 0 Å². The van der Waals surface area contributed by atoms with Gasteiger partial charge in [-0.15, -0.1) is 0 Å². The molecule has 0 aromatic heterocycles. The molecule has 7 nitrogen and oxygen atoms in total. The van der Waals surface area contributed by atoms with E-state index in [1.165, 1.54) is 0 Å². The molecular weight excluding hydrogens is 192 g/mol. The molecule has 14 heavy (non-hydrogen) atoms. The Morgan fingerprint density at radius 2 is 1.50 bits per heavy atom. The number of primary amides is 1. The standard InChI is InChI=1S/C7H12N2O5/c8-5(10)1-2-9(3-6(11)12)4-7(13)14/h1-4H2,(H2,8,10)(H,11,12)(H,13,14). The zero-order chi connectivity index (χ0) is 11.1. The molecule has 0 heterocycles. The van der Waals surface area contributed by atoms with Gasteiger partial charge in [0, 0.05) is 13.0 Å². The largest absolute Gasteiger partial charge is 0.480 e. The first-order chi connectivity index (χ1) is 6.41. The predicted molar refractivity (Wildman–Crippen MR) is 45.5 cm³/mol. The van der Waals surface area contributed by atoms with E-state index in [4.69, 9.17) is 15.9 Å². The zero-order valence-electron chi connectivity index (χ0n) is 7.47. The first-order valence-electron chi connectivity index (χ1n) is 3.86. The topological polar surface area (TPSA) is 121 Å². The van der Waals surface area contributed by atoms with Crippen molar-refractivity contribution >= 4 is 17.8 Å². The average Bonchev–Trinajstić information content (AvgIpc) is 1.97. The van der Waals surface area contributed by atoms with Crippen LogP contribution in [-0.4, -0.2) is 52.6 Å². The summed E-state index contributed by atoms with van der Waals surface area (Å²) in [6.45, 7) is -0.799. The van der Waals surface area contributed by atoms with Gasteiger partial charge in [0.25, 0.3) is 0 Å². The molecule has 0 aromatic carbocycles. The van der Waals surface area contributed by atoms with Crippen molar-refractivity contribution in [3.63, 3.8) is 0 Å². The fraction of sp³-hybridized carbons (Fsp3) is 0.571. The van der Waals surface area contributed by atoms with Crippen molar-refractivity contribution in [1.29, 1.82) is 0 Å². The van der Waals surface area contributed by atoms with Crippen molar-refractivity contribution in [2.45, 2.75) is 6.42 Å². The lowest BCUT2D eigenvalue weighted by Gasteiger charge is -2.16. The van der Waals surface area contributed by atoms with Gasteiger partial charge in [-0.25, -0.2) is 0 Å². The van der Waals surface area contributed by atoms with Gasteiger partial charge in [0.15, 0.2) is 0 Å². The van der Waals surface area contributed by atoms with Gasteiger partial charge in [-0.1, -0.05) is 0 Å². The van der Waals surface area contributed by atoms with Crippen LogP contribution in [0, 0.1) is 0 Å². The summed E-state index contributed by atoms with van der Waals surface area (Å²) >= 11 is 0. The van der Waals surface area contributed by atoms with Crippen molar-refractivity contribution in [3.8, 4) is 0 Å². The van der Waals surface area contributed by atoms with Crippen LogP contribution >= 0.6 is 0 Å². The van der Waals surface area contributed by atoms with Crippen LogP contribution < -0.4 is 5.73 Å². The quantitative estimate of drug-likeness (QED) is 0.456. The number of amides is 1. The minimum atomic E-state index is -1.14. The number of aliphatic carboxylic acids is 2. The third-order valence-electron chi connectivity index (χ3n) is 1.39. The molecule has 0 atom stereocenters. The number of carbonyl (C=O) groups excluding carboxylic acids is 1. The molecule has 0 rings (SSSR count). The number of carboxylic acids is 2. The van der Waals surface area contributed by atoms with Gasteiger partial charge >= 0.3 is 11.9 Å². The van der Waals surface area contributed by atoms with E-state index in [1.807, 2.05) is 0 Å². The SMILES string of the molecule is NC(=O)CCN(CC(=O)O)CC(=O)O. The highest BCUT2D eigenvalue weighted by Crippen LogP contribution is 1.91. The van der Waals surface area contributed by atoms with Gasteiger partial charge in [0.2, 0.25) is 5.91 Å². The summed E-state index contributed by atoms with van der Waals surface area (Å²) in [4.78, 5) is 32.1. The molecule has 0 aliphatic heterocycles. The molecular formula is C7H12N2O5. The molecule has 1 amide bonds. The monoisotopic (exact) mass is 204 g/mol. The van der Waals surface area contributed by atoms with Gasteiger partial charge in [-0.3, -0.25) is 19.3 Å². The van der Waals surface area contributed by atoms with Crippen LogP contribution in [-0.2, 0) is 14.4 Å². The molecule has 0 bridgehead atoms.